The van der Waals surface area contributed by atoms with Gasteiger partial charge in [-0.15, -0.1) is 0 Å². The zero-order chi connectivity index (χ0) is 13.1. The Morgan fingerprint density at radius 2 is 2.00 bits per heavy atom. The number of aromatic nitrogens is 3. The number of nitrogens with zero attached hydrogens (tertiary/aromatic N) is 3. The summed E-state index contributed by atoms with van der Waals surface area (Å²) in [6.07, 6.45) is 6.66. The second-order valence-electron chi connectivity index (χ2n) is 3.91. The van der Waals surface area contributed by atoms with Gasteiger partial charge in [0.25, 0.3) is 0 Å². The summed E-state index contributed by atoms with van der Waals surface area (Å²) >= 11 is 0. The lowest BCUT2D eigenvalue weighted by Crippen LogP contribution is -1.87. The summed E-state index contributed by atoms with van der Waals surface area (Å²) in [5.41, 5.74) is 0.682. The predicted octanol–water partition coefficient (Wildman–Crippen LogP) is 3.23. The van der Waals surface area contributed by atoms with Crippen LogP contribution in [0.2, 0.25) is 0 Å². The van der Waals surface area contributed by atoms with E-state index in [4.69, 9.17) is 9.15 Å². The molecule has 0 spiro atoms. The highest BCUT2D eigenvalue weighted by Gasteiger charge is 2.07. The summed E-state index contributed by atoms with van der Waals surface area (Å²) in [4.78, 5) is 12.3. The van der Waals surface area contributed by atoms with E-state index in [0.29, 0.717) is 28.8 Å². The van der Waals surface area contributed by atoms with Crippen molar-refractivity contribution in [2.75, 3.05) is 0 Å². The molecule has 0 aliphatic heterocycles. The second kappa shape index (κ2) is 4.89. The van der Waals surface area contributed by atoms with Gasteiger partial charge >= 0.3 is 0 Å². The lowest BCUT2D eigenvalue weighted by Gasteiger charge is -2.05. The third-order valence-electron chi connectivity index (χ3n) is 2.48. The molecule has 3 rings (SSSR count). The third-order valence-corrected chi connectivity index (χ3v) is 2.48. The average molecular weight is 253 g/mol. The molecule has 3 aromatic rings. The molecule has 0 aliphatic carbocycles. The second-order valence-corrected chi connectivity index (χ2v) is 3.91. The molecule has 0 aliphatic rings. The van der Waals surface area contributed by atoms with Crippen molar-refractivity contribution in [3.05, 3.63) is 54.9 Å². The van der Waals surface area contributed by atoms with Gasteiger partial charge in [-0.2, -0.15) is 0 Å². The Morgan fingerprint density at radius 1 is 1.05 bits per heavy atom. The van der Waals surface area contributed by atoms with Crippen LogP contribution in [0.25, 0.3) is 11.5 Å². The summed E-state index contributed by atoms with van der Waals surface area (Å²) in [5.74, 6) is 2.57. The highest BCUT2D eigenvalue weighted by atomic mass is 16.5. The van der Waals surface area contributed by atoms with Crippen LogP contribution in [0.4, 0.5) is 0 Å². The van der Waals surface area contributed by atoms with E-state index in [-0.39, 0.29) is 0 Å². The van der Waals surface area contributed by atoms with Crippen LogP contribution in [-0.2, 0) is 0 Å². The molecule has 0 saturated carbocycles. The minimum atomic E-state index is 0.607. The predicted molar refractivity (Wildman–Crippen MR) is 68.8 cm³/mol. The Labute approximate surface area is 109 Å². The lowest BCUT2D eigenvalue weighted by molar-refractivity contribution is 0.479. The van der Waals surface area contributed by atoms with Gasteiger partial charge in [0.2, 0.25) is 0 Å². The van der Waals surface area contributed by atoms with Gasteiger partial charge in [-0.05, 0) is 18.2 Å². The van der Waals surface area contributed by atoms with Gasteiger partial charge in [0, 0.05) is 25.4 Å². The molecule has 0 N–H and O–H groups in total. The van der Waals surface area contributed by atoms with Crippen LogP contribution in [0.5, 0.6) is 11.5 Å². The topological polar surface area (TPSA) is 61.0 Å². The molecule has 19 heavy (non-hydrogen) atoms. The Bertz CT molecular complexity index is 680. The molecule has 0 aromatic carbocycles. The molecule has 3 aromatic heterocycles. The van der Waals surface area contributed by atoms with Gasteiger partial charge < -0.3 is 9.15 Å². The van der Waals surface area contributed by atoms with E-state index in [1.807, 2.05) is 12.1 Å². The third kappa shape index (κ3) is 2.60. The van der Waals surface area contributed by atoms with E-state index < -0.39 is 0 Å². The van der Waals surface area contributed by atoms with E-state index in [1.165, 1.54) is 0 Å². The van der Waals surface area contributed by atoms with E-state index in [0.717, 1.165) is 0 Å². The summed E-state index contributed by atoms with van der Waals surface area (Å²) in [5, 5.41) is 0. The number of ether oxygens (including phenoxy) is 1. The molecule has 0 fully saturated rings. The first-order chi connectivity index (χ1) is 9.31. The summed E-state index contributed by atoms with van der Waals surface area (Å²) in [6.45, 7) is 1.79. The van der Waals surface area contributed by atoms with Crippen LogP contribution in [-0.4, -0.2) is 15.0 Å². The van der Waals surface area contributed by atoms with Crippen molar-refractivity contribution < 1.29 is 9.15 Å². The van der Waals surface area contributed by atoms with E-state index in [9.17, 15) is 0 Å². The Balaban J connectivity index is 1.88. The summed E-state index contributed by atoms with van der Waals surface area (Å²) in [6, 6.07) is 7.23. The molecule has 3 heterocycles. The zero-order valence-electron chi connectivity index (χ0n) is 10.3. The maximum atomic E-state index is 5.68. The van der Waals surface area contributed by atoms with Gasteiger partial charge in [-0.3, -0.25) is 9.97 Å². The minimum Gasteiger partial charge on any atom is -0.456 e. The monoisotopic (exact) mass is 253 g/mol. The molecule has 5 nitrogen and oxygen atoms in total. The molecule has 0 saturated heterocycles. The first kappa shape index (κ1) is 11.4. The molecule has 0 amide bonds. The van der Waals surface area contributed by atoms with Crippen LogP contribution in [0.15, 0.2) is 53.5 Å². The Hall–Kier alpha value is -2.69. The largest absolute Gasteiger partial charge is 0.456 e. The molecule has 94 valence electrons. The van der Waals surface area contributed by atoms with Gasteiger partial charge in [0.05, 0.1) is 12.4 Å². The van der Waals surface area contributed by atoms with Crippen molar-refractivity contribution in [1.29, 1.82) is 0 Å². The maximum absolute atomic E-state index is 5.68. The SMILES string of the molecule is Cc1ncc(-c2cc(Oc3cccnc3)ccn2)o1. The van der Waals surface area contributed by atoms with E-state index >= 15 is 0 Å². The minimum absolute atomic E-state index is 0.607. The average Bonchev–Trinajstić information content (AvgIpc) is 2.87. The first-order valence-electron chi connectivity index (χ1n) is 5.78. The van der Waals surface area contributed by atoms with Crippen LogP contribution in [0.3, 0.4) is 0 Å². The van der Waals surface area contributed by atoms with Crippen molar-refractivity contribution in [1.82, 2.24) is 15.0 Å². The van der Waals surface area contributed by atoms with Gasteiger partial charge in [-0.1, -0.05) is 0 Å². The zero-order valence-corrected chi connectivity index (χ0v) is 10.3. The van der Waals surface area contributed by atoms with Crippen molar-refractivity contribution >= 4 is 0 Å². The lowest BCUT2D eigenvalue weighted by atomic mass is 10.3. The molecular formula is C14H11N3O2. The fourth-order valence-electron chi connectivity index (χ4n) is 1.63. The Morgan fingerprint density at radius 3 is 2.74 bits per heavy atom. The molecule has 0 radical (unpaired) electrons. The number of hydrogen-bond acceptors (Lipinski definition) is 5. The molecule has 0 bridgehead atoms. The first-order valence-corrected chi connectivity index (χ1v) is 5.78. The normalized spacial score (nSPS) is 10.4. The van der Waals surface area contributed by atoms with Gasteiger partial charge in [0.15, 0.2) is 11.7 Å². The van der Waals surface area contributed by atoms with Gasteiger partial charge in [0.1, 0.15) is 17.2 Å². The number of rotatable bonds is 3. The highest BCUT2D eigenvalue weighted by Crippen LogP contribution is 2.25. The van der Waals surface area contributed by atoms with Crippen molar-refractivity contribution in [3.63, 3.8) is 0 Å². The Kier molecular flexibility index (Phi) is 2.94. The standard InChI is InChI=1S/C14H11N3O2/c1-10-17-9-14(18-10)13-7-11(4-6-16-13)19-12-3-2-5-15-8-12/h2-9H,1H3. The van der Waals surface area contributed by atoms with E-state index in [2.05, 4.69) is 15.0 Å². The molecule has 0 unspecified atom stereocenters. The number of pyridine rings is 2. The van der Waals surface area contributed by atoms with Crippen molar-refractivity contribution in [3.8, 4) is 23.0 Å². The molecule has 5 heteroatoms. The fraction of sp³-hybridized carbons (Fsp3) is 0.0714. The maximum Gasteiger partial charge on any atom is 0.191 e. The highest BCUT2D eigenvalue weighted by molar-refractivity contribution is 5.53. The van der Waals surface area contributed by atoms with Crippen molar-refractivity contribution in [2.45, 2.75) is 6.92 Å². The number of aryl methyl sites for hydroxylation is 1. The van der Waals surface area contributed by atoms with Gasteiger partial charge in [-0.25, -0.2) is 4.98 Å². The van der Waals surface area contributed by atoms with Crippen LogP contribution >= 0.6 is 0 Å². The number of oxazole rings is 1. The molecular weight excluding hydrogens is 242 g/mol. The quantitative estimate of drug-likeness (QED) is 0.717. The molecule has 0 atom stereocenters. The number of hydrogen-bond donors (Lipinski definition) is 0. The van der Waals surface area contributed by atoms with Crippen LogP contribution < -0.4 is 4.74 Å². The summed E-state index contributed by atoms with van der Waals surface area (Å²) in [7, 11) is 0. The fourth-order valence-corrected chi connectivity index (χ4v) is 1.63. The van der Waals surface area contributed by atoms with Crippen molar-refractivity contribution in [2.24, 2.45) is 0 Å². The van der Waals surface area contributed by atoms with Crippen LogP contribution in [0, 0.1) is 6.92 Å². The van der Waals surface area contributed by atoms with Crippen LogP contribution in [0.1, 0.15) is 5.89 Å². The summed E-state index contributed by atoms with van der Waals surface area (Å²) < 4.78 is 11.1. The smallest absolute Gasteiger partial charge is 0.191 e. The van der Waals surface area contributed by atoms with E-state index in [1.54, 1.807) is 43.8 Å².